The van der Waals surface area contributed by atoms with Crippen LogP contribution in [0.25, 0.3) is 0 Å². The SMILES string of the molecule is COC(C=CC(C)=O)C(C)CC(C)C. The molecule has 0 saturated carbocycles. The average molecular weight is 198 g/mol. The molecule has 14 heavy (non-hydrogen) atoms. The molecule has 0 aromatic carbocycles. The smallest absolute Gasteiger partial charge is 0.152 e. The first-order valence-corrected chi connectivity index (χ1v) is 5.19. The molecule has 82 valence electrons. The third-order valence-corrected chi connectivity index (χ3v) is 2.20. The molecule has 0 aromatic heterocycles. The minimum atomic E-state index is 0.0568. The Labute approximate surface area is 87.3 Å². The van der Waals surface area contributed by atoms with E-state index in [2.05, 4.69) is 20.8 Å². The van der Waals surface area contributed by atoms with Crippen LogP contribution in [0.5, 0.6) is 0 Å². The molecule has 2 atom stereocenters. The van der Waals surface area contributed by atoms with E-state index in [4.69, 9.17) is 4.74 Å². The van der Waals surface area contributed by atoms with Crippen molar-refractivity contribution in [3.05, 3.63) is 12.2 Å². The van der Waals surface area contributed by atoms with Crippen LogP contribution in [0.2, 0.25) is 0 Å². The second-order valence-electron chi connectivity index (χ2n) is 4.28. The first kappa shape index (κ1) is 13.4. The zero-order valence-corrected chi connectivity index (χ0v) is 9.91. The molecular weight excluding hydrogens is 176 g/mol. The van der Waals surface area contributed by atoms with Crippen molar-refractivity contribution in [3.8, 4) is 0 Å². The Hall–Kier alpha value is -0.630. The molecule has 2 nitrogen and oxygen atoms in total. The summed E-state index contributed by atoms with van der Waals surface area (Å²) in [7, 11) is 1.69. The Kier molecular flexibility index (Phi) is 6.46. The Morgan fingerprint density at radius 1 is 1.36 bits per heavy atom. The highest BCUT2D eigenvalue weighted by molar-refractivity contribution is 5.87. The Balaban J connectivity index is 4.18. The van der Waals surface area contributed by atoms with Crippen LogP contribution >= 0.6 is 0 Å². The van der Waals surface area contributed by atoms with E-state index in [0.29, 0.717) is 11.8 Å². The fourth-order valence-electron chi connectivity index (χ4n) is 1.61. The van der Waals surface area contributed by atoms with Gasteiger partial charge < -0.3 is 4.74 Å². The van der Waals surface area contributed by atoms with Crippen LogP contribution < -0.4 is 0 Å². The average Bonchev–Trinajstić information content (AvgIpc) is 2.03. The Morgan fingerprint density at radius 2 is 1.93 bits per heavy atom. The van der Waals surface area contributed by atoms with Gasteiger partial charge in [0.1, 0.15) is 0 Å². The lowest BCUT2D eigenvalue weighted by Gasteiger charge is -2.21. The maximum atomic E-state index is 10.8. The topological polar surface area (TPSA) is 26.3 Å². The van der Waals surface area contributed by atoms with Crippen molar-refractivity contribution in [2.45, 2.75) is 40.2 Å². The van der Waals surface area contributed by atoms with Crippen LogP contribution in [-0.2, 0) is 9.53 Å². The molecule has 0 aliphatic heterocycles. The molecule has 0 N–H and O–H groups in total. The minimum Gasteiger partial charge on any atom is -0.377 e. The quantitative estimate of drug-likeness (QED) is 0.613. The Bertz CT molecular complexity index is 194. The van der Waals surface area contributed by atoms with Crippen molar-refractivity contribution in [1.82, 2.24) is 0 Å². The van der Waals surface area contributed by atoms with E-state index >= 15 is 0 Å². The number of methoxy groups -OCH3 is 1. The van der Waals surface area contributed by atoms with Crippen molar-refractivity contribution in [2.75, 3.05) is 7.11 Å². The van der Waals surface area contributed by atoms with Gasteiger partial charge in [0.2, 0.25) is 0 Å². The fourth-order valence-corrected chi connectivity index (χ4v) is 1.61. The van der Waals surface area contributed by atoms with Gasteiger partial charge in [0, 0.05) is 7.11 Å². The van der Waals surface area contributed by atoms with Crippen molar-refractivity contribution >= 4 is 5.78 Å². The second-order valence-corrected chi connectivity index (χ2v) is 4.28. The lowest BCUT2D eigenvalue weighted by atomic mass is 9.93. The highest BCUT2D eigenvalue weighted by atomic mass is 16.5. The number of hydrogen-bond acceptors (Lipinski definition) is 2. The van der Waals surface area contributed by atoms with Crippen molar-refractivity contribution in [2.24, 2.45) is 11.8 Å². The molecule has 0 spiro atoms. The number of rotatable bonds is 6. The summed E-state index contributed by atoms with van der Waals surface area (Å²) in [5.41, 5.74) is 0. The summed E-state index contributed by atoms with van der Waals surface area (Å²) in [5, 5.41) is 0. The van der Waals surface area contributed by atoms with Gasteiger partial charge in [0.25, 0.3) is 0 Å². The van der Waals surface area contributed by atoms with Crippen LogP contribution in [-0.4, -0.2) is 19.0 Å². The van der Waals surface area contributed by atoms with E-state index in [1.807, 2.05) is 6.08 Å². The van der Waals surface area contributed by atoms with Gasteiger partial charge in [0.15, 0.2) is 5.78 Å². The van der Waals surface area contributed by atoms with E-state index in [9.17, 15) is 4.79 Å². The number of carbonyl (C=O) groups excluding carboxylic acids is 1. The van der Waals surface area contributed by atoms with E-state index in [-0.39, 0.29) is 11.9 Å². The van der Waals surface area contributed by atoms with Gasteiger partial charge in [-0.05, 0) is 31.3 Å². The molecule has 2 unspecified atom stereocenters. The van der Waals surface area contributed by atoms with Crippen LogP contribution in [0.3, 0.4) is 0 Å². The summed E-state index contributed by atoms with van der Waals surface area (Å²) >= 11 is 0. The van der Waals surface area contributed by atoms with E-state index < -0.39 is 0 Å². The molecule has 0 amide bonds. The summed E-state index contributed by atoms with van der Waals surface area (Å²) < 4.78 is 5.32. The molecule has 0 aliphatic carbocycles. The number of ketones is 1. The zero-order valence-electron chi connectivity index (χ0n) is 9.91. The van der Waals surface area contributed by atoms with Crippen molar-refractivity contribution < 1.29 is 9.53 Å². The molecule has 0 saturated heterocycles. The monoisotopic (exact) mass is 198 g/mol. The second kappa shape index (κ2) is 6.77. The van der Waals surface area contributed by atoms with Crippen LogP contribution in [0.4, 0.5) is 0 Å². The summed E-state index contributed by atoms with van der Waals surface area (Å²) in [6.45, 7) is 8.09. The summed E-state index contributed by atoms with van der Waals surface area (Å²) in [4.78, 5) is 10.8. The van der Waals surface area contributed by atoms with Gasteiger partial charge in [-0.15, -0.1) is 0 Å². The number of allylic oxidation sites excluding steroid dienone is 1. The van der Waals surface area contributed by atoms with Gasteiger partial charge >= 0.3 is 0 Å². The third-order valence-electron chi connectivity index (χ3n) is 2.20. The van der Waals surface area contributed by atoms with Crippen molar-refractivity contribution in [3.63, 3.8) is 0 Å². The maximum absolute atomic E-state index is 10.8. The van der Waals surface area contributed by atoms with Crippen LogP contribution in [0.1, 0.15) is 34.1 Å². The van der Waals surface area contributed by atoms with E-state index in [1.165, 1.54) is 0 Å². The molecule has 2 heteroatoms. The first-order valence-electron chi connectivity index (χ1n) is 5.19. The largest absolute Gasteiger partial charge is 0.377 e. The molecule has 0 rings (SSSR count). The van der Waals surface area contributed by atoms with Gasteiger partial charge in [0.05, 0.1) is 6.10 Å². The van der Waals surface area contributed by atoms with E-state index in [1.54, 1.807) is 20.1 Å². The minimum absolute atomic E-state index is 0.0568. The van der Waals surface area contributed by atoms with Gasteiger partial charge in [-0.2, -0.15) is 0 Å². The summed E-state index contributed by atoms with van der Waals surface area (Å²) in [6, 6.07) is 0. The van der Waals surface area contributed by atoms with Gasteiger partial charge in [-0.3, -0.25) is 4.79 Å². The molecule has 0 bridgehead atoms. The van der Waals surface area contributed by atoms with Crippen molar-refractivity contribution in [1.29, 1.82) is 0 Å². The molecule has 0 aromatic rings. The molecular formula is C12H22O2. The summed E-state index contributed by atoms with van der Waals surface area (Å²) in [6.07, 6.45) is 4.61. The van der Waals surface area contributed by atoms with Gasteiger partial charge in [-0.25, -0.2) is 0 Å². The molecule has 0 fully saturated rings. The van der Waals surface area contributed by atoms with Crippen LogP contribution in [0, 0.1) is 11.8 Å². The standard InChI is InChI=1S/C12H22O2/c1-9(2)8-10(3)12(14-5)7-6-11(4)13/h6-7,9-10,12H,8H2,1-5H3. The summed E-state index contributed by atoms with van der Waals surface area (Å²) in [5.74, 6) is 1.19. The highest BCUT2D eigenvalue weighted by Crippen LogP contribution is 2.17. The normalized spacial score (nSPS) is 16.1. The predicted molar refractivity (Wildman–Crippen MR) is 59.2 cm³/mol. The maximum Gasteiger partial charge on any atom is 0.152 e. The lowest BCUT2D eigenvalue weighted by Crippen LogP contribution is -2.19. The zero-order chi connectivity index (χ0) is 11.1. The number of hydrogen-bond donors (Lipinski definition) is 0. The first-order chi connectivity index (χ1) is 6.47. The third kappa shape index (κ3) is 5.92. The Morgan fingerprint density at radius 3 is 2.29 bits per heavy atom. The van der Waals surface area contributed by atoms with Crippen LogP contribution in [0.15, 0.2) is 12.2 Å². The number of carbonyl (C=O) groups is 1. The lowest BCUT2D eigenvalue weighted by molar-refractivity contribution is -0.112. The number of ether oxygens (including phenoxy) is 1. The van der Waals surface area contributed by atoms with Gasteiger partial charge in [-0.1, -0.05) is 26.8 Å². The molecule has 0 radical (unpaired) electrons. The fraction of sp³-hybridized carbons (Fsp3) is 0.750. The highest BCUT2D eigenvalue weighted by Gasteiger charge is 2.14. The van der Waals surface area contributed by atoms with E-state index in [0.717, 1.165) is 6.42 Å². The predicted octanol–water partition coefficient (Wildman–Crippen LogP) is 2.83. The molecule has 0 heterocycles. The molecule has 0 aliphatic rings.